The highest BCUT2D eigenvalue weighted by Crippen LogP contribution is 2.20. The number of carbonyl (C=O) groups is 1. The van der Waals surface area contributed by atoms with Crippen molar-refractivity contribution in [2.45, 2.75) is 12.5 Å². The zero-order valence-corrected chi connectivity index (χ0v) is 10.6. The smallest absolute Gasteiger partial charge is 0.256 e. The Morgan fingerprint density at radius 3 is 2.82 bits per heavy atom. The van der Waals surface area contributed by atoms with Gasteiger partial charge in [0.15, 0.2) is 5.82 Å². The second-order valence-corrected chi connectivity index (χ2v) is 4.31. The Kier molecular flexibility index (Phi) is 4.74. The topological polar surface area (TPSA) is 46.3 Å². The molecule has 1 aliphatic rings. The molecule has 2 rings (SSSR count). The van der Waals surface area contributed by atoms with Gasteiger partial charge in [-0.05, 0) is 18.6 Å². The Morgan fingerprint density at radius 2 is 2.24 bits per heavy atom. The third-order valence-corrected chi connectivity index (χ3v) is 2.99. The normalized spacial score (nSPS) is 19.0. The minimum Gasteiger partial charge on any atom is -0.337 e. The molecule has 1 atom stereocenters. The fourth-order valence-corrected chi connectivity index (χ4v) is 1.99. The number of likely N-dealkylation sites (tertiary alicyclic amines) is 1. The summed E-state index contributed by atoms with van der Waals surface area (Å²) >= 11 is 5.62. The van der Waals surface area contributed by atoms with Crippen molar-refractivity contribution in [1.82, 2.24) is 4.90 Å². The minimum absolute atomic E-state index is 0. The SMILES string of the molecule is Cl.N[C@@H]1CCN(C(=O)c2cccc(Cl)c2F)C1. The number of rotatable bonds is 1. The van der Waals surface area contributed by atoms with Crippen molar-refractivity contribution in [3.63, 3.8) is 0 Å². The maximum absolute atomic E-state index is 13.6. The molecule has 1 saturated heterocycles. The molecule has 1 aliphatic heterocycles. The first-order chi connectivity index (χ1) is 7.59. The van der Waals surface area contributed by atoms with Crippen molar-refractivity contribution in [1.29, 1.82) is 0 Å². The Morgan fingerprint density at radius 1 is 1.53 bits per heavy atom. The van der Waals surface area contributed by atoms with E-state index in [1.807, 2.05) is 0 Å². The van der Waals surface area contributed by atoms with Gasteiger partial charge in [0.05, 0.1) is 10.6 Å². The van der Waals surface area contributed by atoms with Crippen molar-refractivity contribution >= 4 is 29.9 Å². The van der Waals surface area contributed by atoms with Crippen LogP contribution in [0, 0.1) is 5.82 Å². The highest BCUT2D eigenvalue weighted by Gasteiger charge is 2.26. The van der Waals surface area contributed by atoms with Gasteiger partial charge in [-0.25, -0.2) is 4.39 Å². The van der Waals surface area contributed by atoms with Crippen molar-refractivity contribution in [3.05, 3.63) is 34.6 Å². The van der Waals surface area contributed by atoms with Crippen LogP contribution in [0.15, 0.2) is 18.2 Å². The number of halogens is 3. The van der Waals surface area contributed by atoms with Crippen LogP contribution in [0.5, 0.6) is 0 Å². The lowest BCUT2D eigenvalue weighted by atomic mass is 10.2. The second-order valence-electron chi connectivity index (χ2n) is 3.90. The third-order valence-electron chi connectivity index (χ3n) is 2.69. The molecule has 0 unspecified atom stereocenters. The van der Waals surface area contributed by atoms with E-state index in [2.05, 4.69) is 0 Å². The summed E-state index contributed by atoms with van der Waals surface area (Å²) in [7, 11) is 0. The summed E-state index contributed by atoms with van der Waals surface area (Å²) < 4.78 is 13.6. The van der Waals surface area contributed by atoms with Crippen LogP contribution < -0.4 is 5.73 Å². The van der Waals surface area contributed by atoms with Crippen LogP contribution in [-0.4, -0.2) is 29.9 Å². The first kappa shape index (κ1) is 14.2. The fraction of sp³-hybridized carbons (Fsp3) is 0.364. The Hall–Kier alpha value is -0.840. The van der Waals surface area contributed by atoms with E-state index in [4.69, 9.17) is 17.3 Å². The van der Waals surface area contributed by atoms with Crippen molar-refractivity contribution in [2.24, 2.45) is 5.73 Å². The van der Waals surface area contributed by atoms with E-state index in [1.54, 1.807) is 11.0 Å². The molecular weight excluding hydrogens is 266 g/mol. The summed E-state index contributed by atoms with van der Waals surface area (Å²) in [5.74, 6) is -0.998. The molecule has 2 N–H and O–H groups in total. The molecule has 0 bridgehead atoms. The number of nitrogens with zero attached hydrogens (tertiary/aromatic N) is 1. The summed E-state index contributed by atoms with van der Waals surface area (Å²) in [5, 5.41) is -0.0330. The molecule has 3 nitrogen and oxygen atoms in total. The van der Waals surface area contributed by atoms with Crippen LogP contribution in [0.25, 0.3) is 0 Å². The zero-order valence-electron chi connectivity index (χ0n) is 9.03. The minimum atomic E-state index is -0.658. The van der Waals surface area contributed by atoms with Crippen LogP contribution in [0.2, 0.25) is 5.02 Å². The van der Waals surface area contributed by atoms with Gasteiger partial charge in [-0.3, -0.25) is 4.79 Å². The van der Waals surface area contributed by atoms with E-state index >= 15 is 0 Å². The molecule has 1 amide bonds. The molecule has 1 fully saturated rings. The Bertz CT molecular complexity index is 428. The molecule has 0 spiro atoms. The Balaban J connectivity index is 0.00000144. The second kappa shape index (κ2) is 5.67. The summed E-state index contributed by atoms with van der Waals surface area (Å²) in [6.07, 6.45) is 0.758. The predicted octanol–water partition coefficient (Wildman–Crippen LogP) is 2.07. The van der Waals surface area contributed by atoms with E-state index in [1.165, 1.54) is 12.1 Å². The summed E-state index contributed by atoms with van der Waals surface area (Å²) in [4.78, 5) is 13.5. The van der Waals surface area contributed by atoms with Gasteiger partial charge in [0.2, 0.25) is 0 Å². The standard InChI is InChI=1S/C11H12ClFN2O.ClH/c12-9-3-1-2-8(10(9)13)11(16)15-5-4-7(14)6-15;/h1-3,7H,4-6,14H2;1H/t7-;/m1./s1. The molecule has 0 saturated carbocycles. The maximum atomic E-state index is 13.6. The lowest BCUT2D eigenvalue weighted by Crippen LogP contribution is -2.32. The largest absolute Gasteiger partial charge is 0.337 e. The van der Waals surface area contributed by atoms with Crippen LogP contribution in [-0.2, 0) is 0 Å². The molecule has 0 aromatic heterocycles. The summed E-state index contributed by atoms with van der Waals surface area (Å²) in [6, 6.07) is 4.41. The number of hydrogen-bond acceptors (Lipinski definition) is 2. The molecule has 1 aromatic carbocycles. The lowest BCUT2D eigenvalue weighted by Gasteiger charge is -2.16. The van der Waals surface area contributed by atoms with E-state index in [0.717, 1.165) is 6.42 Å². The van der Waals surface area contributed by atoms with Crippen LogP contribution in [0.3, 0.4) is 0 Å². The van der Waals surface area contributed by atoms with E-state index in [9.17, 15) is 9.18 Å². The van der Waals surface area contributed by atoms with Gasteiger partial charge in [-0.15, -0.1) is 12.4 Å². The van der Waals surface area contributed by atoms with Gasteiger partial charge in [0.1, 0.15) is 0 Å². The summed E-state index contributed by atoms with van der Waals surface area (Å²) in [5.41, 5.74) is 5.71. The van der Waals surface area contributed by atoms with E-state index in [0.29, 0.717) is 13.1 Å². The average molecular weight is 279 g/mol. The van der Waals surface area contributed by atoms with Gasteiger partial charge in [0.25, 0.3) is 5.91 Å². The third kappa shape index (κ3) is 2.89. The predicted molar refractivity (Wildman–Crippen MR) is 67.2 cm³/mol. The van der Waals surface area contributed by atoms with Crippen molar-refractivity contribution < 1.29 is 9.18 Å². The highest BCUT2D eigenvalue weighted by atomic mass is 35.5. The molecule has 94 valence electrons. The summed E-state index contributed by atoms with van der Waals surface area (Å²) in [6.45, 7) is 1.05. The molecule has 17 heavy (non-hydrogen) atoms. The first-order valence-electron chi connectivity index (χ1n) is 5.08. The van der Waals surface area contributed by atoms with E-state index < -0.39 is 5.82 Å². The van der Waals surface area contributed by atoms with Gasteiger partial charge in [-0.2, -0.15) is 0 Å². The highest BCUT2D eigenvalue weighted by molar-refractivity contribution is 6.31. The van der Waals surface area contributed by atoms with Crippen molar-refractivity contribution in [2.75, 3.05) is 13.1 Å². The number of amides is 1. The number of hydrogen-bond donors (Lipinski definition) is 1. The van der Waals surface area contributed by atoms with Gasteiger partial charge in [0, 0.05) is 19.1 Å². The van der Waals surface area contributed by atoms with Gasteiger partial charge >= 0.3 is 0 Å². The quantitative estimate of drug-likeness (QED) is 0.855. The molecule has 6 heteroatoms. The molecule has 1 aromatic rings. The molecule has 0 aliphatic carbocycles. The molecular formula is C11H13Cl2FN2O. The number of nitrogens with two attached hydrogens (primary N) is 1. The van der Waals surface area contributed by atoms with E-state index in [-0.39, 0.29) is 34.9 Å². The molecule has 1 heterocycles. The van der Waals surface area contributed by atoms with Crippen molar-refractivity contribution in [3.8, 4) is 0 Å². The van der Waals surface area contributed by atoms with Crippen LogP contribution in [0.1, 0.15) is 16.8 Å². The number of carbonyl (C=O) groups excluding carboxylic acids is 1. The maximum Gasteiger partial charge on any atom is 0.256 e. The first-order valence-corrected chi connectivity index (χ1v) is 5.46. The van der Waals surface area contributed by atoms with Gasteiger partial charge < -0.3 is 10.6 Å². The zero-order chi connectivity index (χ0) is 11.7. The molecule has 0 radical (unpaired) electrons. The van der Waals surface area contributed by atoms with Crippen LogP contribution in [0.4, 0.5) is 4.39 Å². The lowest BCUT2D eigenvalue weighted by molar-refractivity contribution is 0.0786. The van der Waals surface area contributed by atoms with Crippen LogP contribution >= 0.6 is 24.0 Å². The average Bonchev–Trinajstić information content (AvgIpc) is 2.68. The Labute approximate surface area is 110 Å². The fourth-order valence-electron chi connectivity index (χ4n) is 1.81. The van der Waals surface area contributed by atoms with Gasteiger partial charge in [-0.1, -0.05) is 17.7 Å². The number of benzene rings is 1. The monoisotopic (exact) mass is 278 g/mol.